The summed E-state index contributed by atoms with van der Waals surface area (Å²) in [5, 5.41) is 9.61. The maximum Gasteiger partial charge on any atom is 0.264 e. The Morgan fingerprint density at radius 3 is 2.35 bits per heavy atom. The highest BCUT2D eigenvalue weighted by molar-refractivity contribution is 7.89. The molecule has 0 unspecified atom stereocenters. The molecule has 1 aliphatic rings. The van der Waals surface area contributed by atoms with Crippen LogP contribution in [0.2, 0.25) is 0 Å². The third kappa shape index (κ3) is 4.73. The minimum absolute atomic E-state index is 0.0658. The zero-order chi connectivity index (χ0) is 22.6. The Morgan fingerprint density at radius 2 is 1.77 bits per heavy atom. The highest BCUT2D eigenvalue weighted by Gasteiger charge is 2.31. The van der Waals surface area contributed by atoms with Gasteiger partial charge in [0.25, 0.3) is 5.91 Å². The SMILES string of the molecule is CCCn1c(C)cc(/C=C(/C#N)C(=O)N2CCN(S(=O)(=O)c3ccccc3)CC2)c1C. The number of amides is 1. The Labute approximate surface area is 184 Å². The Hall–Kier alpha value is -2.89. The van der Waals surface area contributed by atoms with Gasteiger partial charge in [-0.1, -0.05) is 25.1 Å². The second-order valence-electron chi connectivity index (χ2n) is 7.66. The van der Waals surface area contributed by atoms with E-state index in [2.05, 4.69) is 11.5 Å². The fraction of sp³-hybridized carbons (Fsp3) is 0.391. The molecule has 2 heterocycles. The first kappa shape index (κ1) is 22.8. The van der Waals surface area contributed by atoms with Gasteiger partial charge in [0.05, 0.1) is 4.90 Å². The number of benzene rings is 1. The van der Waals surface area contributed by atoms with Crippen molar-refractivity contribution in [1.82, 2.24) is 13.8 Å². The van der Waals surface area contributed by atoms with Crippen LogP contribution in [0.3, 0.4) is 0 Å². The molecule has 0 atom stereocenters. The quantitative estimate of drug-likeness (QED) is 0.510. The largest absolute Gasteiger partial charge is 0.349 e. The molecule has 0 aliphatic carbocycles. The number of carbonyl (C=O) groups is 1. The van der Waals surface area contributed by atoms with Gasteiger partial charge in [0.2, 0.25) is 10.0 Å². The standard InChI is InChI=1S/C23H28N4O3S/c1-4-10-27-18(2)15-20(19(27)3)16-21(17-24)23(28)25-11-13-26(14-12-25)31(29,30)22-8-6-5-7-9-22/h5-9,15-16H,4,10-14H2,1-3H3/b21-16-. The Morgan fingerprint density at radius 1 is 1.13 bits per heavy atom. The molecule has 0 saturated carbocycles. The molecular weight excluding hydrogens is 412 g/mol. The number of nitrogens with zero attached hydrogens (tertiary/aromatic N) is 4. The van der Waals surface area contributed by atoms with Crippen LogP contribution in [0.15, 0.2) is 46.9 Å². The summed E-state index contributed by atoms with van der Waals surface area (Å²) in [4.78, 5) is 14.7. The molecule has 1 saturated heterocycles. The molecule has 0 bridgehead atoms. The number of nitriles is 1. The van der Waals surface area contributed by atoms with Crippen molar-refractivity contribution in [3.8, 4) is 6.07 Å². The zero-order valence-electron chi connectivity index (χ0n) is 18.2. The first-order valence-corrected chi connectivity index (χ1v) is 11.9. The molecule has 31 heavy (non-hydrogen) atoms. The van der Waals surface area contributed by atoms with Crippen molar-refractivity contribution in [2.45, 2.75) is 38.6 Å². The van der Waals surface area contributed by atoms with Crippen LogP contribution in [0.4, 0.5) is 0 Å². The van der Waals surface area contributed by atoms with Crippen LogP contribution in [-0.2, 0) is 21.4 Å². The molecule has 8 heteroatoms. The summed E-state index contributed by atoms with van der Waals surface area (Å²) >= 11 is 0. The monoisotopic (exact) mass is 440 g/mol. The van der Waals surface area contributed by atoms with Crippen molar-refractivity contribution in [3.05, 3.63) is 58.9 Å². The Kier molecular flexibility index (Phi) is 6.98. The number of aryl methyl sites for hydroxylation is 1. The number of rotatable bonds is 6. The summed E-state index contributed by atoms with van der Waals surface area (Å²) < 4.78 is 29.1. The lowest BCUT2D eigenvalue weighted by atomic mass is 10.1. The summed E-state index contributed by atoms with van der Waals surface area (Å²) in [6, 6.07) is 12.3. The lowest BCUT2D eigenvalue weighted by molar-refractivity contribution is -0.127. The molecule has 164 valence electrons. The normalized spacial score (nSPS) is 15.7. The van der Waals surface area contributed by atoms with E-state index in [0.717, 1.165) is 29.9 Å². The van der Waals surface area contributed by atoms with E-state index in [1.54, 1.807) is 41.3 Å². The van der Waals surface area contributed by atoms with Gasteiger partial charge >= 0.3 is 0 Å². The number of hydrogen-bond donors (Lipinski definition) is 0. The molecule has 1 fully saturated rings. The number of carbonyl (C=O) groups excluding carboxylic acids is 1. The van der Waals surface area contributed by atoms with Gasteiger partial charge in [-0.15, -0.1) is 0 Å². The van der Waals surface area contributed by atoms with Crippen molar-refractivity contribution in [3.63, 3.8) is 0 Å². The maximum atomic E-state index is 12.9. The summed E-state index contributed by atoms with van der Waals surface area (Å²) in [7, 11) is -3.59. The third-order valence-corrected chi connectivity index (χ3v) is 7.53. The molecule has 0 spiro atoms. The smallest absolute Gasteiger partial charge is 0.264 e. The molecular formula is C23H28N4O3S. The van der Waals surface area contributed by atoms with Gasteiger partial charge < -0.3 is 9.47 Å². The predicted molar refractivity (Wildman–Crippen MR) is 120 cm³/mol. The molecule has 7 nitrogen and oxygen atoms in total. The van der Waals surface area contributed by atoms with Gasteiger partial charge in [0.1, 0.15) is 11.6 Å². The van der Waals surface area contributed by atoms with Crippen molar-refractivity contribution in [2.75, 3.05) is 26.2 Å². The van der Waals surface area contributed by atoms with E-state index in [0.29, 0.717) is 0 Å². The Balaban J connectivity index is 1.73. The minimum Gasteiger partial charge on any atom is -0.349 e. The van der Waals surface area contributed by atoms with Crippen LogP contribution in [0.25, 0.3) is 6.08 Å². The lowest BCUT2D eigenvalue weighted by Crippen LogP contribution is -2.50. The molecule has 1 amide bonds. The summed E-state index contributed by atoms with van der Waals surface area (Å²) in [5.74, 6) is -0.362. The van der Waals surface area contributed by atoms with E-state index in [9.17, 15) is 18.5 Å². The van der Waals surface area contributed by atoms with Crippen LogP contribution in [0.1, 0.15) is 30.3 Å². The van der Waals surface area contributed by atoms with Crippen LogP contribution in [0, 0.1) is 25.2 Å². The maximum absolute atomic E-state index is 12.9. The van der Waals surface area contributed by atoms with Crippen LogP contribution in [-0.4, -0.2) is 54.3 Å². The fourth-order valence-electron chi connectivity index (χ4n) is 3.88. The van der Waals surface area contributed by atoms with Gasteiger partial charge in [-0.3, -0.25) is 4.79 Å². The average Bonchev–Trinajstić information content (AvgIpc) is 3.05. The molecule has 3 rings (SSSR count). The van der Waals surface area contributed by atoms with Gasteiger partial charge in [-0.05, 0) is 50.1 Å². The van der Waals surface area contributed by atoms with E-state index in [-0.39, 0.29) is 42.6 Å². The molecule has 0 N–H and O–H groups in total. The predicted octanol–water partition coefficient (Wildman–Crippen LogP) is 2.96. The van der Waals surface area contributed by atoms with Crippen molar-refractivity contribution < 1.29 is 13.2 Å². The van der Waals surface area contributed by atoms with Crippen LogP contribution < -0.4 is 0 Å². The van der Waals surface area contributed by atoms with Crippen molar-refractivity contribution in [2.24, 2.45) is 0 Å². The van der Waals surface area contributed by atoms with E-state index >= 15 is 0 Å². The first-order chi connectivity index (χ1) is 14.8. The second kappa shape index (κ2) is 9.50. The summed E-state index contributed by atoms with van der Waals surface area (Å²) in [5.41, 5.74) is 3.05. The van der Waals surface area contributed by atoms with E-state index < -0.39 is 10.0 Å². The lowest BCUT2D eigenvalue weighted by Gasteiger charge is -2.33. The van der Waals surface area contributed by atoms with Crippen molar-refractivity contribution >= 4 is 22.0 Å². The van der Waals surface area contributed by atoms with Crippen LogP contribution >= 0.6 is 0 Å². The summed E-state index contributed by atoms with van der Waals surface area (Å²) in [6.07, 6.45) is 2.64. The van der Waals surface area contributed by atoms with Crippen molar-refractivity contribution in [1.29, 1.82) is 5.26 Å². The minimum atomic E-state index is -3.59. The second-order valence-corrected chi connectivity index (χ2v) is 9.60. The van der Waals surface area contributed by atoms with Gasteiger partial charge in [0, 0.05) is 44.1 Å². The molecule has 2 aromatic rings. The van der Waals surface area contributed by atoms with E-state index in [1.807, 2.05) is 26.0 Å². The molecule has 1 aromatic heterocycles. The zero-order valence-corrected chi connectivity index (χ0v) is 19.0. The topological polar surface area (TPSA) is 86.4 Å². The Bertz CT molecular complexity index is 1120. The highest BCUT2D eigenvalue weighted by Crippen LogP contribution is 2.21. The average molecular weight is 441 g/mol. The summed E-state index contributed by atoms with van der Waals surface area (Å²) in [6.45, 7) is 7.90. The highest BCUT2D eigenvalue weighted by atomic mass is 32.2. The van der Waals surface area contributed by atoms with Gasteiger partial charge in [-0.2, -0.15) is 9.57 Å². The number of hydrogen-bond acceptors (Lipinski definition) is 4. The van der Waals surface area contributed by atoms with E-state index in [4.69, 9.17) is 0 Å². The first-order valence-electron chi connectivity index (χ1n) is 10.4. The molecule has 0 radical (unpaired) electrons. The third-order valence-electron chi connectivity index (χ3n) is 5.62. The number of piperazine rings is 1. The van der Waals surface area contributed by atoms with Gasteiger partial charge in [-0.25, -0.2) is 8.42 Å². The number of aromatic nitrogens is 1. The molecule has 1 aromatic carbocycles. The number of sulfonamides is 1. The van der Waals surface area contributed by atoms with Crippen LogP contribution in [0.5, 0.6) is 0 Å². The van der Waals surface area contributed by atoms with Gasteiger partial charge in [0.15, 0.2) is 0 Å². The molecule has 1 aliphatic heterocycles. The fourth-order valence-corrected chi connectivity index (χ4v) is 5.33. The van der Waals surface area contributed by atoms with E-state index in [1.165, 1.54) is 4.31 Å².